The monoisotopic (exact) mass is 284 g/mol. The fourth-order valence-electron chi connectivity index (χ4n) is 1.99. The first-order valence-electron chi connectivity index (χ1n) is 6.13. The first-order valence-corrected chi connectivity index (χ1v) is 6.13. The van der Waals surface area contributed by atoms with Gasteiger partial charge in [-0.15, -0.1) is 0 Å². The molecule has 0 aliphatic rings. The first-order chi connectivity index (χ1) is 9.28. The number of benzene rings is 1. The molecule has 0 aliphatic heterocycles. The lowest BCUT2D eigenvalue weighted by Gasteiger charge is -2.29. The number of nitrogen functional groups attached to an aromatic ring is 1. The minimum absolute atomic E-state index is 0.0356. The second kappa shape index (κ2) is 5.15. The van der Waals surface area contributed by atoms with Crippen LogP contribution < -0.4 is 10.6 Å². The normalized spacial score (nSPS) is 12.1. The van der Waals surface area contributed by atoms with Gasteiger partial charge in [0, 0.05) is 11.4 Å². The van der Waals surface area contributed by atoms with Crippen LogP contribution >= 0.6 is 0 Å². The largest absolute Gasteiger partial charge is 0.405 e. The molecule has 0 atom stereocenters. The summed E-state index contributed by atoms with van der Waals surface area (Å²) in [5, 5.41) is 0.555. The predicted molar refractivity (Wildman–Crippen MR) is 72.5 cm³/mol. The third-order valence-corrected chi connectivity index (χ3v) is 2.85. The minimum atomic E-state index is -4.31. The molecule has 2 rings (SSSR count). The van der Waals surface area contributed by atoms with Gasteiger partial charge < -0.3 is 10.6 Å². The number of hydrogen-bond donors (Lipinski definition) is 1. The Hall–Kier alpha value is -2.05. The Bertz CT molecular complexity index is 610. The van der Waals surface area contributed by atoms with Gasteiger partial charge >= 0.3 is 6.18 Å². The van der Waals surface area contributed by atoms with Crippen molar-refractivity contribution >= 4 is 22.7 Å². The van der Waals surface area contributed by atoms with Crippen LogP contribution in [0.3, 0.4) is 0 Å². The van der Waals surface area contributed by atoms with E-state index in [-0.39, 0.29) is 17.8 Å². The summed E-state index contributed by atoms with van der Waals surface area (Å²) >= 11 is 0. The Labute approximate surface area is 114 Å². The molecule has 0 amide bonds. The number of rotatable bonds is 3. The molecule has 108 valence electrons. The Balaban J connectivity index is 2.58. The van der Waals surface area contributed by atoms with Crippen LogP contribution in [0.25, 0.3) is 10.9 Å². The van der Waals surface area contributed by atoms with Crippen LogP contribution in [-0.2, 0) is 0 Å². The molecule has 1 aromatic carbocycles. The van der Waals surface area contributed by atoms with E-state index in [1.54, 1.807) is 38.1 Å². The summed E-state index contributed by atoms with van der Waals surface area (Å²) in [6.07, 6.45) is -4.31. The van der Waals surface area contributed by atoms with Gasteiger partial charge in [0.05, 0.1) is 5.52 Å². The van der Waals surface area contributed by atoms with Gasteiger partial charge in [0.1, 0.15) is 12.4 Å². The van der Waals surface area contributed by atoms with E-state index in [0.717, 1.165) is 0 Å². The molecule has 0 unspecified atom stereocenters. The molecule has 0 saturated carbocycles. The van der Waals surface area contributed by atoms with Gasteiger partial charge in [-0.05, 0) is 26.0 Å². The number of fused-ring (bicyclic) bond motifs is 1. The zero-order valence-corrected chi connectivity index (χ0v) is 11.1. The zero-order chi connectivity index (χ0) is 14.9. The number of nitrogens with zero attached hydrogens (tertiary/aromatic N) is 3. The van der Waals surface area contributed by atoms with Crippen molar-refractivity contribution in [1.29, 1.82) is 0 Å². The lowest BCUT2D eigenvalue weighted by molar-refractivity contribution is -0.120. The highest BCUT2D eigenvalue weighted by molar-refractivity contribution is 5.90. The van der Waals surface area contributed by atoms with Crippen molar-refractivity contribution in [1.82, 2.24) is 9.97 Å². The first kappa shape index (κ1) is 14.4. The molecule has 0 bridgehead atoms. The maximum atomic E-state index is 12.7. The third-order valence-electron chi connectivity index (χ3n) is 2.85. The molecule has 2 N–H and O–H groups in total. The molecule has 2 aromatic rings. The summed E-state index contributed by atoms with van der Waals surface area (Å²) in [5.74, 6) is 0.173. The van der Waals surface area contributed by atoms with Crippen molar-refractivity contribution in [2.75, 3.05) is 17.2 Å². The van der Waals surface area contributed by atoms with E-state index in [1.807, 2.05) is 0 Å². The Morgan fingerprint density at radius 1 is 1.20 bits per heavy atom. The topological polar surface area (TPSA) is 55.0 Å². The third kappa shape index (κ3) is 3.09. The minimum Gasteiger partial charge on any atom is -0.368 e. The van der Waals surface area contributed by atoms with Crippen molar-refractivity contribution in [3.8, 4) is 0 Å². The highest BCUT2D eigenvalue weighted by Gasteiger charge is 2.33. The number of alkyl halides is 3. The molecule has 0 aliphatic carbocycles. The van der Waals surface area contributed by atoms with Crippen LogP contribution in [-0.4, -0.2) is 28.7 Å². The fraction of sp³-hybridized carbons (Fsp3) is 0.385. The van der Waals surface area contributed by atoms with Gasteiger partial charge in [0.15, 0.2) is 0 Å². The zero-order valence-electron chi connectivity index (χ0n) is 11.1. The Morgan fingerprint density at radius 2 is 1.85 bits per heavy atom. The second-order valence-corrected chi connectivity index (χ2v) is 4.76. The number of para-hydroxylation sites is 1. The van der Waals surface area contributed by atoms with Gasteiger partial charge in [-0.1, -0.05) is 12.1 Å². The molecule has 1 aromatic heterocycles. The van der Waals surface area contributed by atoms with E-state index >= 15 is 0 Å². The highest BCUT2D eigenvalue weighted by atomic mass is 19.4. The molecule has 4 nitrogen and oxygen atoms in total. The summed E-state index contributed by atoms with van der Waals surface area (Å²) in [4.78, 5) is 9.21. The van der Waals surface area contributed by atoms with Crippen molar-refractivity contribution in [2.45, 2.75) is 26.1 Å². The van der Waals surface area contributed by atoms with Crippen molar-refractivity contribution in [3.63, 3.8) is 0 Å². The standard InChI is InChI=1S/C13H15F3N4/c1-8(2)20(7-13(14,15)16)11-9-5-3-4-6-10(9)18-12(17)19-11/h3-6,8H,7H2,1-2H3,(H2,17,18,19). The SMILES string of the molecule is CC(C)N(CC(F)(F)F)c1nc(N)nc2ccccc12. The van der Waals surface area contributed by atoms with E-state index in [2.05, 4.69) is 9.97 Å². The maximum Gasteiger partial charge on any atom is 0.405 e. The fourth-order valence-corrected chi connectivity index (χ4v) is 1.99. The predicted octanol–water partition coefficient (Wildman–Crippen LogP) is 2.99. The molecule has 7 heteroatoms. The van der Waals surface area contributed by atoms with E-state index in [0.29, 0.717) is 10.9 Å². The van der Waals surface area contributed by atoms with Gasteiger partial charge in [0.25, 0.3) is 0 Å². The summed E-state index contributed by atoms with van der Waals surface area (Å²) in [6, 6.07) is 6.51. The van der Waals surface area contributed by atoms with Crippen molar-refractivity contribution < 1.29 is 13.2 Å². The highest BCUT2D eigenvalue weighted by Crippen LogP contribution is 2.29. The Kier molecular flexibility index (Phi) is 3.69. The van der Waals surface area contributed by atoms with Gasteiger partial charge in [-0.25, -0.2) is 4.98 Å². The lowest BCUT2D eigenvalue weighted by Crippen LogP contribution is -2.40. The van der Waals surface area contributed by atoms with E-state index < -0.39 is 12.7 Å². The van der Waals surface area contributed by atoms with Crippen LogP contribution in [0, 0.1) is 0 Å². The average molecular weight is 284 g/mol. The number of halogens is 3. The molecule has 1 heterocycles. The van der Waals surface area contributed by atoms with E-state index in [9.17, 15) is 13.2 Å². The molecule has 0 radical (unpaired) electrons. The van der Waals surface area contributed by atoms with E-state index in [1.165, 1.54) is 4.90 Å². The summed E-state index contributed by atoms with van der Waals surface area (Å²) < 4.78 is 38.2. The molecular formula is C13H15F3N4. The lowest BCUT2D eigenvalue weighted by atomic mass is 10.2. The van der Waals surface area contributed by atoms with Crippen LogP contribution in [0.15, 0.2) is 24.3 Å². The van der Waals surface area contributed by atoms with Gasteiger partial charge in [-0.3, -0.25) is 0 Å². The number of anilines is 2. The molecule has 20 heavy (non-hydrogen) atoms. The van der Waals surface area contributed by atoms with Gasteiger partial charge in [0.2, 0.25) is 5.95 Å². The Morgan fingerprint density at radius 3 is 2.45 bits per heavy atom. The van der Waals surface area contributed by atoms with Gasteiger partial charge in [-0.2, -0.15) is 18.2 Å². The van der Waals surface area contributed by atoms with Crippen LogP contribution in [0.4, 0.5) is 24.9 Å². The quantitative estimate of drug-likeness (QED) is 0.941. The van der Waals surface area contributed by atoms with E-state index in [4.69, 9.17) is 5.73 Å². The second-order valence-electron chi connectivity index (χ2n) is 4.76. The number of hydrogen-bond acceptors (Lipinski definition) is 4. The summed E-state index contributed by atoms with van der Waals surface area (Å²) in [7, 11) is 0. The van der Waals surface area contributed by atoms with Crippen LogP contribution in [0.1, 0.15) is 13.8 Å². The average Bonchev–Trinajstić information content (AvgIpc) is 2.33. The summed E-state index contributed by atoms with van der Waals surface area (Å²) in [6.45, 7) is 2.28. The number of aromatic nitrogens is 2. The molecule has 0 saturated heterocycles. The molecule has 0 spiro atoms. The molecule has 0 fully saturated rings. The van der Waals surface area contributed by atoms with Crippen LogP contribution in [0.2, 0.25) is 0 Å². The van der Waals surface area contributed by atoms with Crippen LogP contribution in [0.5, 0.6) is 0 Å². The van der Waals surface area contributed by atoms with Crippen molar-refractivity contribution in [3.05, 3.63) is 24.3 Å². The molecular weight excluding hydrogens is 269 g/mol. The summed E-state index contributed by atoms with van der Waals surface area (Å²) in [5.41, 5.74) is 6.13. The number of nitrogens with two attached hydrogens (primary N) is 1. The van der Waals surface area contributed by atoms with Crippen molar-refractivity contribution in [2.24, 2.45) is 0 Å². The maximum absolute atomic E-state index is 12.7. The smallest absolute Gasteiger partial charge is 0.368 e.